The summed E-state index contributed by atoms with van der Waals surface area (Å²) >= 11 is 6.19. The summed E-state index contributed by atoms with van der Waals surface area (Å²) < 4.78 is 5.20. The van der Waals surface area contributed by atoms with E-state index in [0.717, 1.165) is 31.9 Å². The number of likely N-dealkylation sites (N-methyl/N-ethyl adjacent to an activating group) is 1. The summed E-state index contributed by atoms with van der Waals surface area (Å²) in [5.41, 5.74) is 1.24. The highest BCUT2D eigenvalue weighted by Crippen LogP contribution is 2.25. The van der Waals surface area contributed by atoms with Crippen LogP contribution in [-0.2, 0) is 6.54 Å². The van der Waals surface area contributed by atoms with E-state index >= 15 is 0 Å². The van der Waals surface area contributed by atoms with E-state index in [1.165, 1.54) is 24.8 Å². The van der Waals surface area contributed by atoms with Crippen LogP contribution < -0.4 is 10.1 Å². The third-order valence-corrected chi connectivity index (χ3v) is 4.26. The standard InChI is InChI=1S/C16H25ClN2O/c1-3-19(12-14-6-4-5-9-18-14)11-13-7-8-16(20-2)15(17)10-13/h7-8,10,14,18H,3-6,9,11-12H2,1-2H3. The number of nitrogens with zero attached hydrogens (tertiary/aromatic N) is 1. The molecule has 3 nitrogen and oxygen atoms in total. The Labute approximate surface area is 127 Å². The molecule has 0 aliphatic carbocycles. The molecule has 0 spiro atoms. The summed E-state index contributed by atoms with van der Waals surface area (Å²) in [6.07, 6.45) is 3.96. The first-order valence-electron chi connectivity index (χ1n) is 7.51. The van der Waals surface area contributed by atoms with Crippen LogP contribution >= 0.6 is 11.6 Å². The van der Waals surface area contributed by atoms with Crippen molar-refractivity contribution in [3.63, 3.8) is 0 Å². The Morgan fingerprint density at radius 3 is 2.85 bits per heavy atom. The van der Waals surface area contributed by atoms with Gasteiger partial charge in [-0.2, -0.15) is 0 Å². The van der Waals surface area contributed by atoms with E-state index in [1.54, 1.807) is 7.11 Å². The second-order valence-corrected chi connectivity index (χ2v) is 5.85. The lowest BCUT2D eigenvalue weighted by Crippen LogP contribution is -2.43. The fourth-order valence-electron chi connectivity index (χ4n) is 2.76. The quantitative estimate of drug-likeness (QED) is 0.871. The first-order valence-corrected chi connectivity index (χ1v) is 7.89. The van der Waals surface area contributed by atoms with Gasteiger partial charge >= 0.3 is 0 Å². The molecule has 0 bridgehead atoms. The molecule has 1 aliphatic rings. The third-order valence-electron chi connectivity index (χ3n) is 3.96. The molecule has 0 saturated carbocycles. The Morgan fingerprint density at radius 1 is 1.40 bits per heavy atom. The lowest BCUT2D eigenvalue weighted by molar-refractivity contribution is 0.226. The van der Waals surface area contributed by atoms with Crippen molar-refractivity contribution in [2.45, 2.75) is 38.8 Å². The normalized spacial score (nSPS) is 19.3. The number of hydrogen-bond donors (Lipinski definition) is 1. The molecule has 1 N–H and O–H groups in total. The Morgan fingerprint density at radius 2 is 2.25 bits per heavy atom. The molecule has 1 atom stereocenters. The molecule has 1 heterocycles. The van der Waals surface area contributed by atoms with Crippen molar-refractivity contribution < 1.29 is 4.74 Å². The molecule has 1 fully saturated rings. The van der Waals surface area contributed by atoms with Crippen LogP contribution in [0.2, 0.25) is 5.02 Å². The van der Waals surface area contributed by atoms with E-state index in [1.807, 2.05) is 12.1 Å². The number of hydrogen-bond acceptors (Lipinski definition) is 3. The fourth-order valence-corrected chi connectivity index (χ4v) is 3.04. The third kappa shape index (κ3) is 4.37. The molecule has 0 radical (unpaired) electrons. The van der Waals surface area contributed by atoms with Crippen LogP contribution in [0, 0.1) is 0 Å². The van der Waals surface area contributed by atoms with E-state index in [2.05, 4.69) is 23.2 Å². The minimum Gasteiger partial charge on any atom is -0.495 e. The second kappa shape index (κ2) is 7.87. The first kappa shape index (κ1) is 15.6. The summed E-state index contributed by atoms with van der Waals surface area (Å²) in [5.74, 6) is 0.743. The molecule has 1 aromatic carbocycles. The zero-order chi connectivity index (χ0) is 14.4. The van der Waals surface area contributed by atoms with Gasteiger partial charge in [0.25, 0.3) is 0 Å². The predicted octanol–water partition coefficient (Wildman–Crippen LogP) is 3.31. The van der Waals surface area contributed by atoms with E-state index in [4.69, 9.17) is 16.3 Å². The van der Waals surface area contributed by atoms with Crippen molar-refractivity contribution in [2.24, 2.45) is 0 Å². The van der Waals surface area contributed by atoms with Gasteiger partial charge in [-0.15, -0.1) is 0 Å². The van der Waals surface area contributed by atoms with Crippen LogP contribution in [-0.4, -0.2) is 37.7 Å². The van der Waals surface area contributed by atoms with Crippen molar-refractivity contribution >= 4 is 11.6 Å². The van der Waals surface area contributed by atoms with E-state index in [0.29, 0.717) is 11.1 Å². The van der Waals surface area contributed by atoms with Gasteiger partial charge in [0.1, 0.15) is 5.75 Å². The molecular formula is C16H25ClN2O. The predicted molar refractivity (Wildman–Crippen MR) is 84.6 cm³/mol. The van der Waals surface area contributed by atoms with Gasteiger partial charge in [0, 0.05) is 19.1 Å². The average Bonchev–Trinajstić information content (AvgIpc) is 2.48. The van der Waals surface area contributed by atoms with Crippen molar-refractivity contribution in [1.29, 1.82) is 0 Å². The Bertz CT molecular complexity index is 419. The maximum atomic E-state index is 6.19. The smallest absolute Gasteiger partial charge is 0.137 e. The molecule has 1 unspecified atom stereocenters. The number of piperidine rings is 1. The molecule has 4 heteroatoms. The topological polar surface area (TPSA) is 24.5 Å². The summed E-state index contributed by atoms with van der Waals surface area (Å²) in [6.45, 7) is 6.49. The van der Waals surface area contributed by atoms with Gasteiger partial charge in [0.2, 0.25) is 0 Å². The number of nitrogens with one attached hydrogen (secondary N) is 1. The van der Waals surface area contributed by atoms with Gasteiger partial charge in [0.05, 0.1) is 12.1 Å². The second-order valence-electron chi connectivity index (χ2n) is 5.44. The van der Waals surface area contributed by atoms with Crippen LogP contribution in [0.5, 0.6) is 5.75 Å². The number of rotatable bonds is 6. The van der Waals surface area contributed by atoms with Gasteiger partial charge in [0.15, 0.2) is 0 Å². The molecule has 2 rings (SSSR count). The minimum atomic E-state index is 0.637. The summed E-state index contributed by atoms with van der Waals surface area (Å²) in [7, 11) is 1.65. The maximum Gasteiger partial charge on any atom is 0.137 e. The molecule has 20 heavy (non-hydrogen) atoms. The highest BCUT2D eigenvalue weighted by atomic mass is 35.5. The summed E-state index contributed by atoms with van der Waals surface area (Å²) in [5, 5.41) is 4.30. The monoisotopic (exact) mass is 296 g/mol. The van der Waals surface area contributed by atoms with Crippen molar-refractivity contribution in [3.8, 4) is 5.75 Å². The molecule has 1 saturated heterocycles. The highest BCUT2D eigenvalue weighted by molar-refractivity contribution is 6.32. The highest BCUT2D eigenvalue weighted by Gasteiger charge is 2.16. The lowest BCUT2D eigenvalue weighted by atomic mass is 10.0. The summed E-state index contributed by atoms with van der Waals surface area (Å²) in [6, 6.07) is 6.70. The number of benzene rings is 1. The SMILES string of the molecule is CCN(Cc1ccc(OC)c(Cl)c1)CC1CCCCN1. The van der Waals surface area contributed by atoms with Gasteiger partial charge in [-0.1, -0.05) is 31.0 Å². The van der Waals surface area contributed by atoms with Crippen LogP contribution in [0.3, 0.4) is 0 Å². The lowest BCUT2D eigenvalue weighted by Gasteiger charge is -2.30. The molecule has 0 aromatic heterocycles. The van der Waals surface area contributed by atoms with E-state index in [9.17, 15) is 0 Å². The van der Waals surface area contributed by atoms with E-state index in [-0.39, 0.29) is 0 Å². The van der Waals surface area contributed by atoms with Crippen LogP contribution in [0.1, 0.15) is 31.7 Å². The summed E-state index contributed by atoms with van der Waals surface area (Å²) in [4.78, 5) is 2.47. The average molecular weight is 297 g/mol. The Hall–Kier alpha value is -0.770. The van der Waals surface area contributed by atoms with Crippen molar-refractivity contribution in [2.75, 3.05) is 26.7 Å². The van der Waals surface area contributed by atoms with Gasteiger partial charge in [-0.3, -0.25) is 4.90 Å². The number of methoxy groups -OCH3 is 1. The Balaban J connectivity index is 1.93. The zero-order valence-electron chi connectivity index (χ0n) is 12.5. The van der Waals surface area contributed by atoms with Crippen LogP contribution in [0.4, 0.5) is 0 Å². The van der Waals surface area contributed by atoms with Gasteiger partial charge in [-0.25, -0.2) is 0 Å². The molecule has 112 valence electrons. The van der Waals surface area contributed by atoms with Crippen molar-refractivity contribution in [1.82, 2.24) is 10.2 Å². The van der Waals surface area contributed by atoms with Crippen LogP contribution in [0.15, 0.2) is 18.2 Å². The first-order chi connectivity index (χ1) is 9.72. The maximum absolute atomic E-state index is 6.19. The molecule has 1 aromatic rings. The minimum absolute atomic E-state index is 0.637. The van der Waals surface area contributed by atoms with Gasteiger partial charge < -0.3 is 10.1 Å². The molecule has 1 aliphatic heterocycles. The number of halogens is 1. The van der Waals surface area contributed by atoms with Crippen molar-refractivity contribution in [3.05, 3.63) is 28.8 Å². The fraction of sp³-hybridized carbons (Fsp3) is 0.625. The largest absolute Gasteiger partial charge is 0.495 e. The molecule has 0 amide bonds. The van der Waals surface area contributed by atoms with E-state index < -0.39 is 0 Å². The van der Waals surface area contributed by atoms with Gasteiger partial charge in [-0.05, 0) is 43.6 Å². The zero-order valence-corrected chi connectivity index (χ0v) is 13.2. The Kier molecular flexibility index (Phi) is 6.14. The molecular weight excluding hydrogens is 272 g/mol. The number of ether oxygens (including phenoxy) is 1. The van der Waals surface area contributed by atoms with Crippen LogP contribution in [0.25, 0.3) is 0 Å².